The van der Waals surface area contributed by atoms with E-state index in [1.54, 1.807) is 0 Å². The first-order valence-corrected chi connectivity index (χ1v) is 15.0. The maximum Gasteiger partial charge on any atom is 0.305 e. The maximum absolute atomic E-state index is 11.3. The number of rotatable bonds is 26. The zero-order valence-corrected chi connectivity index (χ0v) is 23.8. The molecule has 0 radical (unpaired) electrons. The van der Waals surface area contributed by atoms with Crippen LogP contribution >= 0.6 is 0 Å². The van der Waals surface area contributed by atoms with Crippen molar-refractivity contribution in [2.45, 2.75) is 149 Å². The predicted molar refractivity (Wildman–Crippen MR) is 150 cm³/mol. The molecule has 0 aliphatic heterocycles. The fourth-order valence-corrected chi connectivity index (χ4v) is 4.81. The van der Waals surface area contributed by atoms with E-state index in [-0.39, 0.29) is 5.97 Å². The van der Waals surface area contributed by atoms with Gasteiger partial charge in [-0.1, -0.05) is 103 Å². The van der Waals surface area contributed by atoms with Crippen LogP contribution in [0.2, 0.25) is 0 Å². The number of hydrogen-bond donors (Lipinski definition) is 0. The molecule has 1 unspecified atom stereocenters. The first-order chi connectivity index (χ1) is 16.6. The molecule has 0 spiro atoms. The van der Waals surface area contributed by atoms with Gasteiger partial charge in [-0.05, 0) is 71.9 Å². The van der Waals surface area contributed by atoms with Crippen LogP contribution in [0.25, 0.3) is 0 Å². The van der Waals surface area contributed by atoms with Gasteiger partial charge in [0.05, 0.1) is 6.61 Å². The third kappa shape index (κ3) is 25.8. The Morgan fingerprint density at radius 3 is 1.65 bits per heavy atom. The van der Waals surface area contributed by atoms with Crippen molar-refractivity contribution in [2.75, 3.05) is 27.2 Å². The van der Waals surface area contributed by atoms with Gasteiger partial charge in [-0.25, -0.2) is 0 Å². The van der Waals surface area contributed by atoms with Gasteiger partial charge in [-0.2, -0.15) is 0 Å². The van der Waals surface area contributed by atoms with Gasteiger partial charge in [0.15, 0.2) is 0 Å². The van der Waals surface area contributed by atoms with E-state index in [1.165, 1.54) is 122 Å². The number of ether oxygens (including phenoxy) is 1. The van der Waals surface area contributed by atoms with Crippen molar-refractivity contribution in [3.63, 3.8) is 0 Å². The van der Waals surface area contributed by atoms with E-state index < -0.39 is 0 Å². The molecular weight excluding hydrogens is 418 g/mol. The second-order valence-corrected chi connectivity index (χ2v) is 10.6. The molecule has 0 amide bonds. The lowest BCUT2D eigenvalue weighted by Gasteiger charge is -2.21. The van der Waals surface area contributed by atoms with Gasteiger partial charge in [0.2, 0.25) is 0 Å². The van der Waals surface area contributed by atoms with Crippen molar-refractivity contribution >= 4 is 5.97 Å². The van der Waals surface area contributed by atoms with Crippen molar-refractivity contribution in [1.29, 1.82) is 0 Å². The summed E-state index contributed by atoms with van der Waals surface area (Å²) in [6.45, 7) is 5.93. The number of nitrogens with zero attached hydrogens (tertiary/aromatic N) is 1. The van der Waals surface area contributed by atoms with E-state index in [1.807, 2.05) is 6.92 Å². The fraction of sp³-hybridized carbons (Fsp3) is 0.903. The Morgan fingerprint density at radius 1 is 0.676 bits per heavy atom. The number of unbranched alkanes of at least 4 members (excludes halogenated alkanes) is 15. The molecule has 0 saturated carbocycles. The predicted octanol–water partition coefficient (Wildman–Crippen LogP) is 9.50. The summed E-state index contributed by atoms with van der Waals surface area (Å²) >= 11 is 0. The third-order valence-corrected chi connectivity index (χ3v) is 6.80. The van der Waals surface area contributed by atoms with E-state index in [0.29, 0.717) is 13.0 Å². The van der Waals surface area contributed by atoms with E-state index in [4.69, 9.17) is 4.74 Å². The molecule has 0 aromatic rings. The Bertz CT molecular complexity index is 447. The molecule has 0 rings (SSSR count). The largest absolute Gasteiger partial charge is 0.466 e. The minimum absolute atomic E-state index is 0.0395. The highest BCUT2D eigenvalue weighted by Gasteiger charge is 2.09. The lowest BCUT2D eigenvalue weighted by atomic mass is 9.93. The molecule has 34 heavy (non-hydrogen) atoms. The molecule has 202 valence electrons. The number of carbonyl (C=O) groups is 1. The highest BCUT2D eigenvalue weighted by atomic mass is 16.5. The van der Waals surface area contributed by atoms with Gasteiger partial charge < -0.3 is 9.64 Å². The molecule has 0 aromatic heterocycles. The van der Waals surface area contributed by atoms with Crippen LogP contribution in [0.1, 0.15) is 149 Å². The quantitative estimate of drug-likeness (QED) is 0.0702. The van der Waals surface area contributed by atoms with Crippen LogP contribution in [-0.4, -0.2) is 38.1 Å². The molecule has 0 N–H and O–H groups in total. The topological polar surface area (TPSA) is 29.5 Å². The monoisotopic (exact) mass is 479 g/mol. The molecule has 0 fully saturated rings. The van der Waals surface area contributed by atoms with Crippen molar-refractivity contribution < 1.29 is 9.53 Å². The van der Waals surface area contributed by atoms with E-state index in [0.717, 1.165) is 18.8 Å². The Kier molecular flexibility index (Phi) is 26.1. The van der Waals surface area contributed by atoms with Gasteiger partial charge in [-0.3, -0.25) is 4.79 Å². The summed E-state index contributed by atoms with van der Waals surface area (Å²) in [4.78, 5) is 13.7. The minimum Gasteiger partial charge on any atom is -0.466 e. The first-order valence-electron chi connectivity index (χ1n) is 15.0. The average molecular weight is 480 g/mol. The Morgan fingerprint density at radius 2 is 1.15 bits per heavy atom. The summed E-state index contributed by atoms with van der Waals surface area (Å²) in [6.07, 6.45) is 32.1. The van der Waals surface area contributed by atoms with Crippen LogP contribution in [-0.2, 0) is 9.53 Å². The summed E-state index contributed by atoms with van der Waals surface area (Å²) in [5.74, 6) is 0.859. The Hall–Kier alpha value is -0.830. The van der Waals surface area contributed by atoms with Gasteiger partial charge in [0, 0.05) is 13.0 Å². The Labute approximate surface area is 214 Å². The standard InChI is InChI=1S/C31H61NO2/c1-5-7-8-9-17-20-23-26-30(29-32(3)4)27-24-21-18-15-13-11-10-12-14-16-19-22-25-28-31(33)34-6-2/h10-11,30H,5-9,12-29H2,1-4H3/b11-10-. The van der Waals surface area contributed by atoms with Crippen molar-refractivity contribution in [3.05, 3.63) is 12.2 Å². The third-order valence-electron chi connectivity index (χ3n) is 6.80. The molecular formula is C31H61NO2. The highest BCUT2D eigenvalue weighted by Crippen LogP contribution is 2.20. The van der Waals surface area contributed by atoms with Crippen LogP contribution in [0.3, 0.4) is 0 Å². The van der Waals surface area contributed by atoms with E-state index >= 15 is 0 Å². The molecule has 0 saturated heterocycles. The smallest absolute Gasteiger partial charge is 0.305 e. The van der Waals surface area contributed by atoms with Crippen molar-refractivity contribution in [1.82, 2.24) is 4.90 Å². The van der Waals surface area contributed by atoms with Gasteiger partial charge in [0.25, 0.3) is 0 Å². The second-order valence-electron chi connectivity index (χ2n) is 10.6. The highest BCUT2D eigenvalue weighted by molar-refractivity contribution is 5.69. The van der Waals surface area contributed by atoms with Crippen molar-refractivity contribution in [3.8, 4) is 0 Å². The second kappa shape index (κ2) is 26.8. The molecule has 0 bridgehead atoms. The van der Waals surface area contributed by atoms with E-state index in [2.05, 4.69) is 38.1 Å². The summed E-state index contributed by atoms with van der Waals surface area (Å²) in [6, 6.07) is 0. The zero-order chi connectivity index (χ0) is 25.1. The van der Waals surface area contributed by atoms with Gasteiger partial charge in [-0.15, -0.1) is 0 Å². The number of allylic oxidation sites excluding steroid dienone is 2. The summed E-state index contributed by atoms with van der Waals surface area (Å²) in [5.41, 5.74) is 0. The Balaban J connectivity index is 3.55. The van der Waals surface area contributed by atoms with Gasteiger partial charge in [0.1, 0.15) is 0 Å². The normalized spacial score (nSPS) is 12.6. The lowest BCUT2D eigenvalue weighted by molar-refractivity contribution is -0.143. The average Bonchev–Trinajstić information content (AvgIpc) is 2.80. The number of esters is 1. The number of carbonyl (C=O) groups excluding carboxylic acids is 1. The molecule has 0 heterocycles. The van der Waals surface area contributed by atoms with Gasteiger partial charge >= 0.3 is 5.97 Å². The first kappa shape index (κ1) is 33.2. The number of hydrogen-bond acceptors (Lipinski definition) is 3. The van der Waals surface area contributed by atoms with Crippen LogP contribution in [0, 0.1) is 5.92 Å². The fourth-order valence-electron chi connectivity index (χ4n) is 4.81. The van der Waals surface area contributed by atoms with Crippen LogP contribution < -0.4 is 0 Å². The summed E-state index contributed by atoms with van der Waals surface area (Å²) in [5, 5.41) is 0. The maximum atomic E-state index is 11.3. The molecule has 0 aliphatic rings. The minimum atomic E-state index is -0.0395. The van der Waals surface area contributed by atoms with Crippen LogP contribution in [0.15, 0.2) is 12.2 Å². The van der Waals surface area contributed by atoms with Crippen molar-refractivity contribution in [2.24, 2.45) is 5.92 Å². The van der Waals surface area contributed by atoms with Crippen LogP contribution in [0.5, 0.6) is 0 Å². The molecule has 3 nitrogen and oxygen atoms in total. The molecule has 1 atom stereocenters. The molecule has 0 aliphatic carbocycles. The van der Waals surface area contributed by atoms with Crippen LogP contribution in [0.4, 0.5) is 0 Å². The summed E-state index contributed by atoms with van der Waals surface area (Å²) in [7, 11) is 4.46. The zero-order valence-electron chi connectivity index (χ0n) is 23.8. The SMILES string of the molecule is CCCCCCCCCC(CCCCCC/C=C\CCCCCCCC(=O)OCC)CN(C)C. The molecule has 3 heteroatoms. The summed E-state index contributed by atoms with van der Waals surface area (Å²) < 4.78 is 4.96. The molecule has 0 aromatic carbocycles. The lowest BCUT2D eigenvalue weighted by Crippen LogP contribution is -2.21. The van der Waals surface area contributed by atoms with E-state index in [9.17, 15) is 4.79 Å².